The molecule has 2 aliphatic rings. The SMILES string of the molecule is CCOc1ccc2ccccc2c1C(=O)NC1CCN(C2CCN(C)CC2)C1. The molecule has 0 aromatic heterocycles. The summed E-state index contributed by atoms with van der Waals surface area (Å²) in [5, 5.41) is 5.31. The minimum Gasteiger partial charge on any atom is -0.493 e. The van der Waals surface area contributed by atoms with Crippen LogP contribution in [0.4, 0.5) is 0 Å². The first-order valence-electron chi connectivity index (χ1n) is 10.5. The number of hydrogen-bond donors (Lipinski definition) is 1. The molecule has 0 radical (unpaired) electrons. The molecule has 0 bridgehead atoms. The molecule has 1 atom stereocenters. The van der Waals surface area contributed by atoms with Crippen LogP contribution in [0.25, 0.3) is 10.8 Å². The Morgan fingerprint density at radius 3 is 2.68 bits per heavy atom. The molecule has 0 saturated carbocycles. The highest BCUT2D eigenvalue weighted by Gasteiger charge is 2.31. The molecule has 4 rings (SSSR count). The molecule has 2 aromatic carbocycles. The van der Waals surface area contributed by atoms with Gasteiger partial charge in [0.2, 0.25) is 0 Å². The Labute approximate surface area is 167 Å². The van der Waals surface area contributed by atoms with Gasteiger partial charge in [0.15, 0.2) is 0 Å². The maximum atomic E-state index is 13.2. The number of fused-ring (bicyclic) bond motifs is 1. The average Bonchev–Trinajstić information content (AvgIpc) is 3.17. The number of amides is 1. The molecule has 0 spiro atoms. The number of piperidine rings is 1. The molecule has 5 heteroatoms. The normalized spacial score (nSPS) is 21.9. The van der Waals surface area contributed by atoms with Crippen molar-refractivity contribution in [1.82, 2.24) is 15.1 Å². The van der Waals surface area contributed by atoms with Gasteiger partial charge in [-0.25, -0.2) is 0 Å². The standard InChI is InChI=1S/C23H31N3O2/c1-3-28-21-9-8-17-6-4-5-7-20(17)22(21)23(27)24-18-10-15-26(16-18)19-11-13-25(2)14-12-19/h4-9,18-19H,3,10-16H2,1-2H3,(H,24,27). The topological polar surface area (TPSA) is 44.8 Å². The lowest BCUT2D eigenvalue weighted by Gasteiger charge is -2.35. The number of benzene rings is 2. The summed E-state index contributed by atoms with van der Waals surface area (Å²) >= 11 is 0. The van der Waals surface area contributed by atoms with E-state index in [1.54, 1.807) is 0 Å². The highest BCUT2D eigenvalue weighted by atomic mass is 16.5. The van der Waals surface area contributed by atoms with E-state index in [4.69, 9.17) is 4.74 Å². The van der Waals surface area contributed by atoms with Crippen molar-refractivity contribution in [2.24, 2.45) is 0 Å². The molecule has 2 fully saturated rings. The second-order valence-electron chi connectivity index (χ2n) is 8.08. The van der Waals surface area contributed by atoms with Crippen molar-refractivity contribution in [3.63, 3.8) is 0 Å². The predicted octanol–water partition coefficient (Wildman–Crippen LogP) is 3.14. The van der Waals surface area contributed by atoms with Crippen LogP contribution in [0.2, 0.25) is 0 Å². The van der Waals surface area contributed by atoms with E-state index in [0.29, 0.717) is 24.0 Å². The second-order valence-corrected chi connectivity index (χ2v) is 8.08. The monoisotopic (exact) mass is 381 g/mol. The summed E-state index contributed by atoms with van der Waals surface area (Å²) in [6, 6.07) is 12.8. The zero-order valence-corrected chi connectivity index (χ0v) is 17.0. The summed E-state index contributed by atoms with van der Waals surface area (Å²) in [5.74, 6) is 0.652. The van der Waals surface area contributed by atoms with E-state index in [-0.39, 0.29) is 11.9 Å². The van der Waals surface area contributed by atoms with E-state index in [0.717, 1.165) is 30.3 Å². The maximum absolute atomic E-state index is 13.2. The lowest BCUT2D eigenvalue weighted by molar-refractivity contribution is 0.0930. The van der Waals surface area contributed by atoms with Crippen LogP contribution < -0.4 is 10.1 Å². The fraction of sp³-hybridized carbons (Fsp3) is 0.522. The molecule has 1 unspecified atom stereocenters. The smallest absolute Gasteiger partial charge is 0.255 e. The molecule has 2 aliphatic heterocycles. The number of ether oxygens (including phenoxy) is 1. The van der Waals surface area contributed by atoms with Crippen molar-refractivity contribution >= 4 is 16.7 Å². The minimum absolute atomic E-state index is 0.0181. The van der Waals surface area contributed by atoms with E-state index >= 15 is 0 Å². The van der Waals surface area contributed by atoms with Gasteiger partial charge in [-0.1, -0.05) is 30.3 Å². The third-order valence-corrected chi connectivity index (χ3v) is 6.18. The van der Waals surface area contributed by atoms with Gasteiger partial charge in [-0.3, -0.25) is 9.69 Å². The van der Waals surface area contributed by atoms with Crippen LogP contribution in [0.3, 0.4) is 0 Å². The zero-order chi connectivity index (χ0) is 19.5. The van der Waals surface area contributed by atoms with E-state index in [1.807, 2.05) is 43.3 Å². The molecule has 2 saturated heterocycles. The van der Waals surface area contributed by atoms with Crippen LogP contribution in [0.1, 0.15) is 36.5 Å². The molecular formula is C23H31N3O2. The van der Waals surface area contributed by atoms with Crippen LogP contribution >= 0.6 is 0 Å². The van der Waals surface area contributed by atoms with E-state index in [9.17, 15) is 4.79 Å². The van der Waals surface area contributed by atoms with Gasteiger partial charge in [0, 0.05) is 25.2 Å². The summed E-state index contributed by atoms with van der Waals surface area (Å²) in [4.78, 5) is 18.2. The first-order chi connectivity index (χ1) is 13.7. The number of nitrogens with one attached hydrogen (secondary N) is 1. The number of nitrogens with zero attached hydrogens (tertiary/aromatic N) is 2. The van der Waals surface area contributed by atoms with Gasteiger partial charge in [-0.2, -0.15) is 0 Å². The maximum Gasteiger partial charge on any atom is 0.255 e. The summed E-state index contributed by atoms with van der Waals surface area (Å²) < 4.78 is 5.78. The van der Waals surface area contributed by atoms with Gasteiger partial charge in [0.25, 0.3) is 5.91 Å². The highest BCUT2D eigenvalue weighted by molar-refractivity contribution is 6.09. The minimum atomic E-state index is -0.0181. The summed E-state index contributed by atoms with van der Waals surface area (Å²) in [6.07, 6.45) is 3.48. The van der Waals surface area contributed by atoms with Crippen LogP contribution in [-0.2, 0) is 0 Å². The fourth-order valence-corrected chi connectivity index (χ4v) is 4.62. The summed E-state index contributed by atoms with van der Waals surface area (Å²) in [6.45, 7) is 6.87. The molecule has 150 valence electrons. The van der Waals surface area contributed by atoms with Gasteiger partial charge >= 0.3 is 0 Å². The van der Waals surface area contributed by atoms with Crippen molar-refractivity contribution in [2.45, 2.75) is 38.3 Å². The zero-order valence-electron chi connectivity index (χ0n) is 17.0. The van der Waals surface area contributed by atoms with E-state index in [1.165, 1.54) is 25.9 Å². The Bertz CT molecular complexity index is 830. The van der Waals surface area contributed by atoms with Gasteiger partial charge in [0.05, 0.1) is 12.2 Å². The largest absolute Gasteiger partial charge is 0.493 e. The number of hydrogen-bond acceptors (Lipinski definition) is 4. The first kappa shape index (κ1) is 19.2. The molecule has 2 heterocycles. The van der Waals surface area contributed by atoms with Gasteiger partial charge in [0.1, 0.15) is 5.75 Å². The number of carbonyl (C=O) groups excluding carboxylic acids is 1. The second kappa shape index (κ2) is 8.50. The van der Waals surface area contributed by atoms with Crippen LogP contribution in [-0.4, -0.2) is 67.6 Å². The Balaban J connectivity index is 1.47. The van der Waals surface area contributed by atoms with Gasteiger partial charge < -0.3 is 15.0 Å². The lowest BCUT2D eigenvalue weighted by Crippen LogP contribution is -2.44. The third kappa shape index (κ3) is 4.01. The number of likely N-dealkylation sites (tertiary alicyclic amines) is 2. The van der Waals surface area contributed by atoms with Crippen LogP contribution in [0.5, 0.6) is 5.75 Å². The highest BCUT2D eigenvalue weighted by Crippen LogP contribution is 2.29. The molecule has 1 N–H and O–H groups in total. The fourth-order valence-electron chi connectivity index (χ4n) is 4.62. The molecular weight excluding hydrogens is 350 g/mol. The number of carbonyl (C=O) groups is 1. The Morgan fingerprint density at radius 2 is 1.89 bits per heavy atom. The molecule has 0 aliphatic carbocycles. The van der Waals surface area contributed by atoms with Crippen LogP contribution in [0.15, 0.2) is 36.4 Å². The van der Waals surface area contributed by atoms with E-state index < -0.39 is 0 Å². The molecule has 1 amide bonds. The Hall–Kier alpha value is -2.11. The van der Waals surface area contributed by atoms with E-state index in [2.05, 4.69) is 22.2 Å². The van der Waals surface area contributed by atoms with Gasteiger partial charge in [-0.15, -0.1) is 0 Å². The Kier molecular flexibility index (Phi) is 5.83. The summed E-state index contributed by atoms with van der Waals surface area (Å²) in [7, 11) is 2.20. The third-order valence-electron chi connectivity index (χ3n) is 6.18. The summed E-state index contributed by atoms with van der Waals surface area (Å²) in [5.41, 5.74) is 0.665. The van der Waals surface area contributed by atoms with Crippen LogP contribution in [0, 0.1) is 0 Å². The molecule has 5 nitrogen and oxygen atoms in total. The molecule has 28 heavy (non-hydrogen) atoms. The first-order valence-corrected chi connectivity index (χ1v) is 10.5. The van der Waals surface area contributed by atoms with Crippen molar-refractivity contribution in [2.75, 3.05) is 39.8 Å². The number of rotatable bonds is 5. The van der Waals surface area contributed by atoms with Crippen molar-refractivity contribution in [3.8, 4) is 5.75 Å². The Morgan fingerprint density at radius 1 is 1.11 bits per heavy atom. The predicted molar refractivity (Wildman–Crippen MR) is 113 cm³/mol. The average molecular weight is 382 g/mol. The molecule has 2 aromatic rings. The van der Waals surface area contributed by atoms with Crippen molar-refractivity contribution in [3.05, 3.63) is 42.0 Å². The van der Waals surface area contributed by atoms with Gasteiger partial charge in [-0.05, 0) is 63.2 Å². The van der Waals surface area contributed by atoms with Crippen molar-refractivity contribution in [1.29, 1.82) is 0 Å². The lowest BCUT2D eigenvalue weighted by atomic mass is 10.0. The quantitative estimate of drug-likeness (QED) is 0.864. The van der Waals surface area contributed by atoms with Crippen molar-refractivity contribution < 1.29 is 9.53 Å².